The maximum Gasteiger partial charge on any atom is 0.258 e. The largest absolute Gasteiger partial charge is 0.394 e. The number of H-pyrrole nitrogens is 1. The molecular formula is C22H25F2N7O2. The minimum atomic E-state index is -2.51. The van der Waals surface area contributed by atoms with Crippen LogP contribution in [0.25, 0.3) is 33.2 Å². The standard InChI is InChI=1S/C22H25F2N7O2/c23-20(24)12-31-19-9-13(1-6-18(19)29-30-31)16-10-25-21-17(16)11-26-22(28-21)27-14-2-4-15(5-3-14)33-8-7-32/h1,6,9-11,14-15,20,32H,2-5,7-8,12H2,(H2,25,26,27,28). The number of benzene rings is 1. The molecule has 1 saturated carbocycles. The van der Waals surface area contributed by atoms with Gasteiger partial charge in [-0.15, -0.1) is 5.10 Å². The van der Waals surface area contributed by atoms with Crippen molar-refractivity contribution in [2.75, 3.05) is 18.5 Å². The van der Waals surface area contributed by atoms with Crippen molar-refractivity contribution in [1.82, 2.24) is 29.9 Å². The Kier molecular flexibility index (Phi) is 6.14. The van der Waals surface area contributed by atoms with Crippen molar-refractivity contribution in [3.05, 3.63) is 30.6 Å². The van der Waals surface area contributed by atoms with Gasteiger partial charge in [0.15, 0.2) is 0 Å². The van der Waals surface area contributed by atoms with E-state index >= 15 is 0 Å². The van der Waals surface area contributed by atoms with E-state index in [0.717, 1.165) is 42.2 Å². The number of aromatic nitrogens is 6. The molecule has 0 spiro atoms. The molecule has 5 rings (SSSR count). The highest BCUT2D eigenvalue weighted by molar-refractivity contribution is 5.95. The number of anilines is 1. The van der Waals surface area contributed by atoms with Crippen LogP contribution in [-0.4, -0.2) is 66.8 Å². The molecule has 0 saturated heterocycles. The molecule has 1 aliphatic rings. The lowest BCUT2D eigenvalue weighted by molar-refractivity contribution is 0.00719. The predicted octanol–water partition coefficient (Wildman–Crippen LogP) is 3.37. The number of ether oxygens (including phenoxy) is 1. The minimum Gasteiger partial charge on any atom is -0.394 e. The number of rotatable bonds is 8. The smallest absolute Gasteiger partial charge is 0.258 e. The van der Waals surface area contributed by atoms with Gasteiger partial charge in [0.25, 0.3) is 6.43 Å². The normalized spacial score (nSPS) is 19.0. The number of aliphatic hydroxyl groups excluding tert-OH is 1. The van der Waals surface area contributed by atoms with Gasteiger partial charge < -0.3 is 20.1 Å². The van der Waals surface area contributed by atoms with Crippen LogP contribution >= 0.6 is 0 Å². The Hall–Kier alpha value is -3.18. The van der Waals surface area contributed by atoms with Gasteiger partial charge in [-0.05, 0) is 43.4 Å². The number of alkyl halides is 2. The second kappa shape index (κ2) is 9.36. The van der Waals surface area contributed by atoms with Crippen LogP contribution in [0.15, 0.2) is 30.6 Å². The van der Waals surface area contributed by atoms with E-state index in [9.17, 15) is 8.78 Å². The second-order valence-electron chi connectivity index (χ2n) is 8.24. The zero-order chi connectivity index (χ0) is 22.8. The van der Waals surface area contributed by atoms with Crippen LogP contribution in [0.3, 0.4) is 0 Å². The lowest BCUT2D eigenvalue weighted by Crippen LogP contribution is -2.30. The summed E-state index contributed by atoms with van der Waals surface area (Å²) in [4.78, 5) is 12.3. The Bertz CT molecular complexity index is 1230. The van der Waals surface area contributed by atoms with Gasteiger partial charge in [0.2, 0.25) is 5.95 Å². The van der Waals surface area contributed by atoms with E-state index in [0.29, 0.717) is 29.2 Å². The van der Waals surface area contributed by atoms with Crippen LogP contribution in [0.5, 0.6) is 0 Å². The highest BCUT2D eigenvalue weighted by atomic mass is 19.3. The first-order valence-electron chi connectivity index (χ1n) is 11.1. The number of nitrogens with one attached hydrogen (secondary N) is 2. The Morgan fingerprint density at radius 3 is 2.88 bits per heavy atom. The van der Waals surface area contributed by atoms with Crippen LogP contribution in [0.4, 0.5) is 14.7 Å². The third-order valence-electron chi connectivity index (χ3n) is 6.02. The SMILES string of the molecule is OCCOC1CCC(Nc2ncc3c(-c4ccc5nnn(CC(F)F)c5c4)c[nH]c3n2)CC1. The number of nitrogens with zero attached hydrogens (tertiary/aromatic N) is 5. The zero-order valence-corrected chi connectivity index (χ0v) is 17.9. The first kappa shape index (κ1) is 21.7. The van der Waals surface area contributed by atoms with Crippen LogP contribution in [0.1, 0.15) is 25.7 Å². The van der Waals surface area contributed by atoms with Crippen LogP contribution in [-0.2, 0) is 11.3 Å². The lowest BCUT2D eigenvalue weighted by atomic mass is 9.93. The van der Waals surface area contributed by atoms with Gasteiger partial charge in [0.05, 0.1) is 24.8 Å². The molecular weight excluding hydrogens is 432 g/mol. The molecule has 0 amide bonds. The van der Waals surface area contributed by atoms with Crippen molar-refractivity contribution in [1.29, 1.82) is 0 Å². The fourth-order valence-electron chi connectivity index (χ4n) is 4.39. The molecule has 1 fully saturated rings. The summed E-state index contributed by atoms with van der Waals surface area (Å²) < 4.78 is 32.5. The van der Waals surface area contributed by atoms with E-state index in [1.54, 1.807) is 12.3 Å². The number of hydrogen-bond donors (Lipinski definition) is 3. The maximum atomic E-state index is 12.9. The number of fused-ring (bicyclic) bond motifs is 2. The maximum absolute atomic E-state index is 12.9. The summed E-state index contributed by atoms with van der Waals surface area (Å²) >= 11 is 0. The summed E-state index contributed by atoms with van der Waals surface area (Å²) in [5, 5.41) is 20.9. The molecule has 9 nitrogen and oxygen atoms in total. The molecule has 174 valence electrons. The quantitative estimate of drug-likeness (QED) is 0.372. The van der Waals surface area contributed by atoms with E-state index in [-0.39, 0.29) is 18.8 Å². The highest BCUT2D eigenvalue weighted by Gasteiger charge is 2.22. The molecule has 3 heterocycles. The van der Waals surface area contributed by atoms with Crippen LogP contribution < -0.4 is 5.32 Å². The first-order chi connectivity index (χ1) is 16.1. The molecule has 1 aliphatic carbocycles. The average Bonchev–Trinajstić information content (AvgIpc) is 3.42. The summed E-state index contributed by atoms with van der Waals surface area (Å²) in [6, 6.07) is 5.74. The molecule has 0 atom stereocenters. The third-order valence-corrected chi connectivity index (χ3v) is 6.02. The second-order valence-corrected chi connectivity index (χ2v) is 8.24. The van der Waals surface area contributed by atoms with Crippen molar-refractivity contribution in [2.45, 2.75) is 50.8 Å². The Balaban J connectivity index is 1.33. The summed E-state index contributed by atoms with van der Waals surface area (Å²) in [6.45, 7) is -0.0641. The fourth-order valence-corrected chi connectivity index (χ4v) is 4.39. The number of hydrogen-bond acceptors (Lipinski definition) is 7. The van der Waals surface area contributed by atoms with Crippen molar-refractivity contribution >= 4 is 28.0 Å². The van der Waals surface area contributed by atoms with Gasteiger partial charge in [0, 0.05) is 29.4 Å². The molecule has 0 aliphatic heterocycles. The summed E-state index contributed by atoms with van der Waals surface area (Å²) in [7, 11) is 0. The predicted molar refractivity (Wildman–Crippen MR) is 119 cm³/mol. The monoisotopic (exact) mass is 457 g/mol. The van der Waals surface area contributed by atoms with Crippen molar-refractivity contribution in [3.8, 4) is 11.1 Å². The topological polar surface area (TPSA) is 114 Å². The number of aliphatic hydroxyl groups is 1. The van der Waals surface area contributed by atoms with Crippen molar-refractivity contribution < 1.29 is 18.6 Å². The number of aromatic amines is 1. The summed E-state index contributed by atoms with van der Waals surface area (Å²) in [5.74, 6) is 0.560. The molecule has 0 bridgehead atoms. The molecule has 4 aromatic rings. The van der Waals surface area contributed by atoms with Crippen LogP contribution in [0.2, 0.25) is 0 Å². The molecule has 0 radical (unpaired) electrons. The Morgan fingerprint density at radius 2 is 2.09 bits per heavy atom. The Morgan fingerprint density at radius 1 is 1.24 bits per heavy atom. The van der Waals surface area contributed by atoms with Crippen molar-refractivity contribution in [3.63, 3.8) is 0 Å². The zero-order valence-electron chi connectivity index (χ0n) is 17.9. The van der Waals surface area contributed by atoms with Gasteiger partial charge in [-0.3, -0.25) is 0 Å². The van der Waals surface area contributed by atoms with Crippen LogP contribution in [0, 0.1) is 0 Å². The molecule has 1 aromatic carbocycles. The molecule has 33 heavy (non-hydrogen) atoms. The average molecular weight is 457 g/mol. The van der Waals surface area contributed by atoms with Gasteiger partial charge in [-0.2, -0.15) is 4.98 Å². The number of halogens is 2. The third kappa shape index (κ3) is 4.64. The van der Waals surface area contributed by atoms with E-state index in [1.807, 2.05) is 18.3 Å². The van der Waals surface area contributed by atoms with E-state index in [1.165, 1.54) is 4.68 Å². The van der Waals surface area contributed by atoms with E-state index < -0.39 is 13.0 Å². The molecule has 3 N–H and O–H groups in total. The lowest BCUT2D eigenvalue weighted by Gasteiger charge is -2.28. The molecule has 0 unspecified atom stereocenters. The minimum absolute atomic E-state index is 0.0499. The fraction of sp³-hybridized carbons (Fsp3) is 0.455. The molecule has 11 heteroatoms. The van der Waals surface area contributed by atoms with Gasteiger partial charge in [-0.1, -0.05) is 11.3 Å². The van der Waals surface area contributed by atoms with Gasteiger partial charge in [0.1, 0.15) is 17.7 Å². The highest BCUT2D eigenvalue weighted by Crippen LogP contribution is 2.30. The summed E-state index contributed by atoms with van der Waals surface area (Å²) in [6.07, 6.45) is 5.09. The van der Waals surface area contributed by atoms with Gasteiger partial charge >= 0.3 is 0 Å². The van der Waals surface area contributed by atoms with E-state index in [2.05, 4.69) is 30.6 Å². The Labute approximate surface area is 188 Å². The molecule has 3 aromatic heterocycles. The van der Waals surface area contributed by atoms with E-state index in [4.69, 9.17) is 9.84 Å². The van der Waals surface area contributed by atoms with Crippen molar-refractivity contribution in [2.24, 2.45) is 0 Å². The van der Waals surface area contributed by atoms with Gasteiger partial charge in [-0.25, -0.2) is 18.4 Å². The first-order valence-corrected chi connectivity index (χ1v) is 11.1. The summed E-state index contributed by atoms with van der Waals surface area (Å²) in [5.41, 5.74) is 3.54.